The molecule has 1 saturated carbocycles. The summed E-state index contributed by atoms with van der Waals surface area (Å²) in [6.45, 7) is 0.801. The third kappa shape index (κ3) is 4.25. The zero-order valence-corrected chi connectivity index (χ0v) is 20.4. The SMILES string of the molecule is O=C(O)c1cc(-c2ccc([C@@]3(O)C[C@H]4CC[C@@H]3CN4)cc2)c2ccc(-c3ccc(C(F)(F)F)cc3)cc2c1. The normalized spacial score (nSPS) is 23.1. The van der Waals surface area contributed by atoms with Crippen molar-refractivity contribution in [3.8, 4) is 22.3 Å². The van der Waals surface area contributed by atoms with Crippen molar-refractivity contribution < 1.29 is 28.2 Å². The van der Waals surface area contributed by atoms with Gasteiger partial charge in [0.05, 0.1) is 16.7 Å². The van der Waals surface area contributed by atoms with E-state index in [0.717, 1.165) is 53.6 Å². The number of hydrogen-bond donors (Lipinski definition) is 3. The van der Waals surface area contributed by atoms with Gasteiger partial charge >= 0.3 is 12.1 Å². The molecule has 0 spiro atoms. The van der Waals surface area contributed by atoms with E-state index in [0.29, 0.717) is 29.0 Å². The van der Waals surface area contributed by atoms with Crippen LogP contribution >= 0.6 is 0 Å². The van der Waals surface area contributed by atoms with Crippen molar-refractivity contribution in [2.45, 2.75) is 37.1 Å². The summed E-state index contributed by atoms with van der Waals surface area (Å²) in [5.41, 5.74) is 2.28. The summed E-state index contributed by atoms with van der Waals surface area (Å²) in [6.07, 6.45) is -1.66. The highest BCUT2D eigenvalue weighted by Gasteiger charge is 2.47. The number of benzene rings is 4. The summed E-state index contributed by atoms with van der Waals surface area (Å²) in [5, 5.41) is 26.3. The van der Waals surface area contributed by atoms with Gasteiger partial charge < -0.3 is 15.5 Å². The molecule has 2 aliphatic heterocycles. The molecule has 2 saturated heterocycles. The molecular weight excluding hydrogens is 491 g/mol. The molecule has 4 nitrogen and oxygen atoms in total. The highest BCUT2D eigenvalue weighted by atomic mass is 19.4. The van der Waals surface area contributed by atoms with Gasteiger partial charge in [-0.25, -0.2) is 4.79 Å². The molecule has 0 aromatic heterocycles. The highest BCUT2D eigenvalue weighted by Crippen LogP contribution is 2.45. The van der Waals surface area contributed by atoms with Gasteiger partial charge in [0.15, 0.2) is 0 Å². The van der Waals surface area contributed by atoms with Gasteiger partial charge in [0.2, 0.25) is 0 Å². The fourth-order valence-electron chi connectivity index (χ4n) is 6.09. The summed E-state index contributed by atoms with van der Waals surface area (Å²) in [5.74, 6) is -0.900. The smallest absolute Gasteiger partial charge is 0.416 e. The summed E-state index contributed by atoms with van der Waals surface area (Å²) >= 11 is 0. The number of alkyl halides is 3. The number of hydrogen-bond acceptors (Lipinski definition) is 3. The number of aliphatic hydroxyl groups is 1. The van der Waals surface area contributed by atoms with Crippen LogP contribution in [0.25, 0.3) is 33.0 Å². The number of rotatable bonds is 4. The Hall–Kier alpha value is -3.68. The van der Waals surface area contributed by atoms with Crippen LogP contribution in [-0.2, 0) is 11.8 Å². The van der Waals surface area contributed by atoms with Crippen molar-refractivity contribution in [2.24, 2.45) is 5.92 Å². The lowest BCUT2D eigenvalue weighted by Crippen LogP contribution is -2.57. The second kappa shape index (κ2) is 8.96. The van der Waals surface area contributed by atoms with E-state index in [1.807, 2.05) is 36.4 Å². The van der Waals surface area contributed by atoms with Crippen LogP contribution in [0.15, 0.2) is 78.9 Å². The van der Waals surface area contributed by atoms with Crippen molar-refractivity contribution in [3.63, 3.8) is 0 Å². The average Bonchev–Trinajstić information content (AvgIpc) is 2.92. The lowest BCUT2D eigenvalue weighted by atomic mass is 9.66. The number of carbonyl (C=O) groups is 1. The van der Waals surface area contributed by atoms with E-state index in [2.05, 4.69) is 5.32 Å². The molecule has 3 aliphatic rings. The molecule has 2 heterocycles. The zero-order chi connectivity index (χ0) is 26.7. The maximum Gasteiger partial charge on any atom is 0.416 e. The molecule has 0 unspecified atom stereocenters. The lowest BCUT2D eigenvalue weighted by molar-refractivity contribution is -0.137. The minimum Gasteiger partial charge on any atom is -0.478 e. The second-order valence-electron chi connectivity index (χ2n) is 10.4. The maximum atomic E-state index is 13.0. The Bertz CT molecular complexity index is 1520. The number of nitrogens with one attached hydrogen (secondary N) is 1. The molecule has 194 valence electrons. The van der Waals surface area contributed by atoms with E-state index in [1.54, 1.807) is 18.2 Å². The third-order valence-corrected chi connectivity index (χ3v) is 8.19. The minimum atomic E-state index is -4.41. The number of piperidine rings is 2. The molecule has 2 bridgehead atoms. The van der Waals surface area contributed by atoms with Crippen LogP contribution in [0, 0.1) is 5.92 Å². The Morgan fingerprint density at radius 2 is 1.55 bits per heavy atom. The molecule has 3 N–H and O–H groups in total. The summed E-state index contributed by atoms with van der Waals surface area (Å²) in [7, 11) is 0. The summed E-state index contributed by atoms with van der Waals surface area (Å²) < 4.78 is 38.9. The van der Waals surface area contributed by atoms with Crippen LogP contribution in [0.2, 0.25) is 0 Å². The van der Waals surface area contributed by atoms with E-state index in [-0.39, 0.29) is 11.5 Å². The van der Waals surface area contributed by atoms with Crippen molar-refractivity contribution in [2.75, 3.05) is 6.54 Å². The monoisotopic (exact) mass is 517 g/mol. The van der Waals surface area contributed by atoms with Crippen molar-refractivity contribution in [3.05, 3.63) is 95.6 Å². The molecule has 3 fully saturated rings. The Morgan fingerprint density at radius 1 is 0.868 bits per heavy atom. The second-order valence-corrected chi connectivity index (χ2v) is 10.4. The molecule has 1 aliphatic carbocycles. The minimum absolute atomic E-state index is 0.121. The van der Waals surface area contributed by atoms with Gasteiger partial charge in [0.25, 0.3) is 0 Å². The topological polar surface area (TPSA) is 69.6 Å². The third-order valence-electron chi connectivity index (χ3n) is 8.19. The first-order valence-electron chi connectivity index (χ1n) is 12.7. The number of carboxylic acids is 1. The van der Waals surface area contributed by atoms with Crippen LogP contribution in [0.3, 0.4) is 0 Å². The average molecular weight is 518 g/mol. The molecule has 0 amide bonds. The quantitative estimate of drug-likeness (QED) is 0.277. The molecule has 7 rings (SSSR count). The van der Waals surface area contributed by atoms with E-state index in [1.165, 1.54) is 12.1 Å². The number of carboxylic acid groups (broad SMARTS) is 1. The fourth-order valence-corrected chi connectivity index (χ4v) is 6.09. The predicted molar refractivity (Wildman–Crippen MR) is 140 cm³/mol. The maximum absolute atomic E-state index is 13.0. The van der Waals surface area contributed by atoms with E-state index >= 15 is 0 Å². The molecule has 38 heavy (non-hydrogen) atoms. The van der Waals surface area contributed by atoms with Gasteiger partial charge in [-0.3, -0.25) is 0 Å². The van der Waals surface area contributed by atoms with Crippen LogP contribution in [0.4, 0.5) is 13.2 Å². The molecule has 3 atom stereocenters. The van der Waals surface area contributed by atoms with Crippen molar-refractivity contribution >= 4 is 16.7 Å². The van der Waals surface area contributed by atoms with Crippen LogP contribution in [-0.4, -0.2) is 28.8 Å². The number of halogens is 3. The standard InChI is InChI=1S/C31H26F3NO3/c32-31(33,34)24-8-1-18(2-9-24)20-5-12-27-21(13-20)14-22(29(36)37)15-28(27)19-3-6-23(7-4-19)30(38)16-26-11-10-25(30)17-35-26/h1-9,12-15,25-26,35,38H,10-11,16-17H2,(H,36,37)/t25-,26-,30+/m1/s1. The Kier molecular flexibility index (Phi) is 5.81. The molecule has 4 aromatic rings. The molecule has 0 radical (unpaired) electrons. The lowest BCUT2D eigenvalue weighted by Gasteiger charge is -2.49. The first kappa shape index (κ1) is 24.6. The van der Waals surface area contributed by atoms with E-state index in [9.17, 15) is 28.2 Å². The molecule has 4 aromatic carbocycles. The van der Waals surface area contributed by atoms with Gasteiger partial charge in [-0.1, -0.05) is 48.5 Å². The first-order valence-corrected chi connectivity index (χ1v) is 12.7. The van der Waals surface area contributed by atoms with Gasteiger partial charge in [-0.05, 0) is 88.2 Å². The Morgan fingerprint density at radius 3 is 2.13 bits per heavy atom. The number of fused-ring (bicyclic) bond motifs is 4. The number of aromatic carboxylic acids is 1. The van der Waals surface area contributed by atoms with Crippen LogP contribution in [0.5, 0.6) is 0 Å². The predicted octanol–water partition coefficient (Wildman–Crippen LogP) is 6.85. The van der Waals surface area contributed by atoms with Gasteiger partial charge in [0, 0.05) is 18.5 Å². The fraction of sp³-hybridized carbons (Fsp3) is 0.258. The summed E-state index contributed by atoms with van der Waals surface area (Å²) in [4.78, 5) is 11.9. The van der Waals surface area contributed by atoms with E-state index < -0.39 is 23.3 Å². The van der Waals surface area contributed by atoms with Crippen molar-refractivity contribution in [1.29, 1.82) is 0 Å². The zero-order valence-electron chi connectivity index (χ0n) is 20.4. The van der Waals surface area contributed by atoms with Crippen molar-refractivity contribution in [1.82, 2.24) is 5.32 Å². The Labute approximate surface area is 217 Å². The van der Waals surface area contributed by atoms with E-state index in [4.69, 9.17) is 0 Å². The van der Waals surface area contributed by atoms with Crippen LogP contribution in [0.1, 0.15) is 40.7 Å². The Balaban J connectivity index is 1.39. The largest absolute Gasteiger partial charge is 0.478 e. The highest BCUT2D eigenvalue weighted by molar-refractivity contribution is 6.04. The summed E-state index contributed by atoms with van der Waals surface area (Å²) in [6, 6.07) is 21.7. The first-order chi connectivity index (χ1) is 18.1. The van der Waals surface area contributed by atoms with Gasteiger partial charge in [-0.2, -0.15) is 13.2 Å². The van der Waals surface area contributed by atoms with Crippen LogP contribution < -0.4 is 5.32 Å². The molecule has 7 heteroatoms. The van der Waals surface area contributed by atoms with Gasteiger partial charge in [-0.15, -0.1) is 0 Å². The molecular formula is C31H26F3NO3. The van der Waals surface area contributed by atoms with Gasteiger partial charge in [0.1, 0.15) is 0 Å².